The molecule has 0 aliphatic carbocycles. The second-order valence-electron chi connectivity index (χ2n) is 5.14. The number of hydrogen-bond donors (Lipinski definition) is 0. The topological polar surface area (TPSA) is 0 Å². The van der Waals surface area contributed by atoms with Crippen LogP contribution in [0, 0.1) is 5.41 Å². The molecule has 0 bridgehead atoms. The van der Waals surface area contributed by atoms with E-state index >= 15 is 0 Å². The molecular formula is C13H15ClS. The third-order valence-corrected chi connectivity index (χ3v) is 3.58. The maximum atomic E-state index is 6.02. The van der Waals surface area contributed by atoms with E-state index in [2.05, 4.69) is 38.3 Å². The lowest BCUT2D eigenvalue weighted by molar-refractivity contribution is 0.413. The molecule has 0 nitrogen and oxygen atoms in total. The fourth-order valence-corrected chi connectivity index (χ4v) is 2.88. The van der Waals surface area contributed by atoms with Crippen molar-refractivity contribution in [2.45, 2.75) is 27.2 Å². The molecule has 0 aliphatic heterocycles. The van der Waals surface area contributed by atoms with Gasteiger partial charge < -0.3 is 0 Å². The molecule has 1 aromatic heterocycles. The van der Waals surface area contributed by atoms with Gasteiger partial charge in [-0.05, 0) is 46.4 Å². The number of fused-ring (bicyclic) bond motifs is 1. The zero-order valence-corrected chi connectivity index (χ0v) is 10.9. The molecule has 0 aliphatic rings. The van der Waals surface area contributed by atoms with Gasteiger partial charge in [-0.1, -0.05) is 32.4 Å². The highest BCUT2D eigenvalue weighted by atomic mass is 35.5. The van der Waals surface area contributed by atoms with E-state index in [-0.39, 0.29) is 0 Å². The molecule has 0 fully saturated rings. The van der Waals surface area contributed by atoms with E-state index in [4.69, 9.17) is 11.6 Å². The number of benzene rings is 1. The van der Waals surface area contributed by atoms with Gasteiger partial charge in [0.2, 0.25) is 0 Å². The Hall–Kier alpha value is -0.530. The van der Waals surface area contributed by atoms with Gasteiger partial charge in [0.25, 0.3) is 0 Å². The van der Waals surface area contributed by atoms with Gasteiger partial charge in [0.1, 0.15) is 0 Å². The van der Waals surface area contributed by atoms with Crippen molar-refractivity contribution < 1.29 is 0 Å². The third kappa shape index (κ3) is 2.53. The number of hydrogen-bond acceptors (Lipinski definition) is 1. The lowest BCUT2D eigenvalue weighted by Gasteiger charge is -2.17. The summed E-state index contributed by atoms with van der Waals surface area (Å²) in [5.74, 6) is 0. The average Bonchev–Trinajstić information content (AvgIpc) is 2.46. The second kappa shape index (κ2) is 3.80. The maximum Gasteiger partial charge on any atom is 0.0413 e. The summed E-state index contributed by atoms with van der Waals surface area (Å²) in [5.41, 5.74) is 1.75. The predicted molar refractivity (Wildman–Crippen MR) is 70.0 cm³/mol. The van der Waals surface area contributed by atoms with Gasteiger partial charge >= 0.3 is 0 Å². The highest BCUT2D eigenvalue weighted by molar-refractivity contribution is 7.17. The molecule has 0 saturated carbocycles. The first kappa shape index (κ1) is 11.0. The van der Waals surface area contributed by atoms with E-state index in [0.29, 0.717) is 5.41 Å². The van der Waals surface area contributed by atoms with Crippen molar-refractivity contribution in [2.75, 3.05) is 0 Å². The fourth-order valence-electron chi connectivity index (χ4n) is 1.76. The summed E-state index contributed by atoms with van der Waals surface area (Å²) < 4.78 is 1.33. The van der Waals surface area contributed by atoms with Crippen molar-refractivity contribution in [1.29, 1.82) is 0 Å². The van der Waals surface area contributed by atoms with Gasteiger partial charge in [-0.3, -0.25) is 0 Å². The van der Waals surface area contributed by atoms with Crippen LogP contribution in [0.15, 0.2) is 23.6 Å². The van der Waals surface area contributed by atoms with Crippen molar-refractivity contribution in [3.63, 3.8) is 0 Å². The summed E-state index contributed by atoms with van der Waals surface area (Å²) in [6.45, 7) is 6.79. The highest BCUT2D eigenvalue weighted by Gasteiger charge is 2.14. The van der Waals surface area contributed by atoms with Gasteiger partial charge in [0.05, 0.1) is 0 Å². The van der Waals surface area contributed by atoms with E-state index in [1.165, 1.54) is 15.6 Å². The quantitative estimate of drug-likeness (QED) is 0.645. The fraction of sp³-hybridized carbons (Fsp3) is 0.385. The van der Waals surface area contributed by atoms with E-state index < -0.39 is 0 Å². The molecule has 0 N–H and O–H groups in total. The number of halogens is 1. The van der Waals surface area contributed by atoms with Crippen LogP contribution < -0.4 is 0 Å². The minimum absolute atomic E-state index is 0.330. The summed E-state index contributed by atoms with van der Waals surface area (Å²) in [6, 6.07) is 6.14. The minimum atomic E-state index is 0.330. The summed E-state index contributed by atoms with van der Waals surface area (Å²) >= 11 is 7.83. The highest BCUT2D eigenvalue weighted by Crippen LogP contribution is 2.32. The molecule has 0 unspecified atom stereocenters. The Bertz CT molecular complexity index is 477. The van der Waals surface area contributed by atoms with Crippen LogP contribution >= 0.6 is 22.9 Å². The average molecular weight is 239 g/mol. The van der Waals surface area contributed by atoms with Gasteiger partial charge in [0.15, 0.2) is 0 Å². The Morgan fingerprint density at radius 2 is 2.00 bits per heavy atom. The minimum Gasteiger partial charge on any atom is -0.144 e. The molecule has 0 amide bonds. The number of thiophene rings is 1. The van der Waals surface area contributed by atoms with E-state index in [0.717, 1.165) is 11.4 Å². The first-order valence-corrected chi connectivity index (χ1v) is 6.37. The normalized spacial score (nSPS) is 12.3. The lowest BCUT2D eigenvalue weighted by atomic mass is 9.88. The largest absolute Gasteiger partial charge is 0.144 e. The van der Waals surface area contributed by atoms with Crippen molar-refractivity contribution in [2.24, 2.45) is 5.41 Å². The molecule has 0 spiro atoms. The zero-order valence-electron chi connectivity index (χ0n) is 9.30. The monoisotopic (exact) mass is 238 g/mol. The van der Waals surface area contributed by atoms with Gasteiger partial charge in [0, 0.05) is 9.72 Å². The molecule has 0 atom stereocenters. The van der Waals surface area contributed by atoms with Crippen LogP contribution in [-0.2, 0) is 6.42 Å². The van der Waals surface area contributed by atoms with Crippen LogP contribution in [0.4, 0.5) is 0 Å². The molecule has 2 aromatic rings. The first-order chi connectivity index (χ1) is 6.96. The molecule has 15 heavy (non-hydrogen) atoms. The Morgan fingerprint density at radius 3 is 2.67 bits per heavy atom. The molecule has 1 heterocycles. The Labute approximate surface area is 99.9 Å². The third-order valence-electron chi connectivity index (χ3n) is 2.34. The number of rotatable bonds is 1. The summed E-state index contributed by atoms with van der Waals surface area (Å²) in [7, 11) is 0. The van der Waals surface area contributed by atoms with E-state index in [1.807, 2.05) is 6.07 Å². The first-order valence-electron chi connectivity index (χ1n) is 5.11. The Balaban J connectivity index is 2.48. The second-order valence-corrected chi connectivity index (χ2v) is 6.49. The van der Waals surface area contributed by atoms with Crippen LogP contribution in [0.5, 0.6) is 0 Å². The Morgan fingerprint density at radius 1 is 1.27 bits per heavy atom. The van der Waals surface area contributed by atoms with Gasteiger partial charge in [-0.15, -0.1) is 11.3 Å². The Kier molecular flexibility index (Phi) is 2.78. The molecule has 1 aromatic carbocycles. The van der Waals surface area contributed by atoms with Crippen LogP contribution in [0.3, 0.4) is 0 Å². The summed E-state index contributed by atoms with van der Waals surface area (Å²) in [5, 5.41) is 4.41. The molecule has 2 rings (SSSR count). The molecule has 80 valence electrons. The zero-order chi connectivity index (χ0) is 11.1. The van der Waals surface area contributed by atoms with Crippen molar-refractivity contribution in [3.05, 3.63) is 34.2 Å². The van der Waals surface area contributed by atoms with Gasteiger partial charge in [-0.2, -0.15) is 0 Å². The van der Waals surface area contributed by atoms with E-state index in [9.17, 15) is 0 Å². The predicted octanol–water partition coefficient (Wildman–Crippen LogP) is 5.14. The van der Waals surface area contributed by atoms with E-state index in [1.54, 1.807) is 11.3 Å². The van der Waals surface area contributed by atoms with Crippen LogP contribution in [0.1, 0.15) is 26.3 Å². The SMILES string of the molecule is CC(C)(C)Cc1csc2ccc(Cl)cc12. The summed E-state index contributed by atoms with van der Waals surface area (Å²) in [4.78, 5) is 0. The molecule has 2 heteroatoms. The van der Waals surface area contributed by atoms with Crippen LogP contribution in [0.2, 0.25) is 5.02 Å². The van der Waals surface area contributed by atoms with Crippen molar-refractivity contribution in [3.8, 4) is 0 Å². The molecule has 0 radical (unpaired) electrons. The molecule has 0 saturated heterocycles. The van der Waals surface area contributed by atoms with Crippen molar-refractivity contribution >= 4 is 33.0 Å². The summed E-state index contributed by atoms with van der Waals surface area (Å²) in [6.07, 6.45) is 1.10. The van der Waals surface area contributed by atoms with Crippen LogP contribution in [0.25, 0.3) is 10.1 Å². The van der Waals surface area contributed by atoms with Crippen LogP contribution in [-0.4, -0.2) is 0 Å². The molecular weight excluding hydrogens is 224 g/mol. The smallest absolute Gasteiger partial charge is 0.0413 e. The maximum absolute atomic E-state index is 6.02. The van der Waals surface area contributed by atoms with Gasteiger partial charge in [-0.25, -0.2) is 0 Å². The lowest BCUT2D eigenvalue weighted by Crippen LogP contribution is -2.08. The standard InChI is InChI=1S/C13H15ClS/c1-13(2,3)7-9-8-15-12-5-4-10(14)6-11(9)12/h4-6,8H,7H2,1-3H3. The van der Waals surface area contributed by atoms with Crippen molar-refractivity contribution in [1.82, 2.24) is 0 Å².